The second-order valence-corrected chi connectivity index (χ2v) is 7.82. The van der Waals surface area contributed by atoms with E-state index in [0.29, 0.717) is 13.3 Å². The Kier molecular flexibility index (Phi) is 11.5. The van der Waals surface area contributed by atoms with E-state index in [2.05, 4.69) is 6.92 Å². The first-order chi connectivity index (χ1) is 16.0. The molecule has 0 aliphatic rings. The van der Waals surface area contributed by atoms with Crippen LogP contribution in [0.1, 0.15) is 36.9 Å². The maximum absolute atomic E-state index is 13.2. The molecular formula is C25H36N2O6. The lowest BCUT2D eigenvalue weighted by Gasteiger charge is -2.31. The summed E-state index contributed by atoms with van der Waals surface area (Å²) in [6, 6.07) is 15.2. The van der Waals surface area contributed by atoms with Crippen LogP contribution in [0.2, 0.25) is 0 Å². The lowest BCUT2D eigenvalue weighted by molar-refractivity contribution is -0.130. The third-order valence-electron chi connectivity index (χ3n) is 4.92. The molecule has 0 fully saturated rings. The Morgan fingerprint density at radius 1 is 0.939 bits per heavy atom. The molecule has 8 nitrogen and oxygen atoms in total. The zero-order valence-electron chi connectivity index (χ0n) is 20.3. The van der Waals surface area contributed by atoms with Crippen molar-refractivity contribution < 1.29 is 28.5 Å². The molecule has 182 valence electrons. The van der Waals surface area contributed by atoms with Gasteiger partial charge in [0.1, 0.15) is 18.2 Å². The van der Waals surface area contributed by atoms with Gasteiger partial charge in [0.25, 0.3) is 0 Å². The van der Waals surface area contributed by atoms with Crippen molar-refractivity contribution in [3.05, 3.63) is 59.7 Å². The highest BCUT2D eigenvalue weighted by atomic mass is 16.7. The first kappa shape index (κ1) is 26.4. The number of amides is 1. The van der Waals surface area contributed by atoms with Gasteiger partial charge in [-0.2, -0.15) is 0 Å². The van der Waals surface area contributed by atoms with E-state index in [1.807, 2.05) is 67.5 Å². The van der Waals surface area contributed by atoms with Crippen LogP contribution in [0.25, 0.3) is 0 Å². The number of hydrogen-bond acceptors (Lipinski definition) is 7. The predicted molar refractivity (Wildman–Crippen MR) is 126 cm³/mol. The van der Waals surface area contributed by atoms with Crippen molar-refractivity contribution in [2.45, 2.75) is 32.4 Å². The third kappa shape index (κ3) is 8.92. The molecule has 2 aromatic rings. The Hall–Kier alpha value is -2.81. The van der Waals surface area contributed by atoms with Crippen LogP contribution in [0.4, 0.5) is 4.79 Å². The molecule has 8 heteroatoms. The average Bonchev–Trinajstić information content (AvgIpc) is 2.83. The monoisotopic (exact) mass is 460 g/mol. The van der Waals surface area contributed by atoms with Crippen molar-refractivity contribution >= 4 is 6.09 Å². The number of ether oxygens (including phenoxy) is 5. The minimum Gasteiger partial charge on any atom is -0.497 e. The van der Waals surface area contributed by atoms with Crippen LogP contribution in [-0.2, 0) is 20.8 Å². The van der Waals surface area contributed by atoms with E-state index in [-0.39, 0.29) is 19.6 Å². The van der Waals surface area contributed by atoms with Gasteiger partial charge in [0, 0.05) is 6.54 Å². The van der Waals surface area contributed by atoms with Crippen LogP contribution in [0.15, 0.2) is 48.5 Å². The van der Waals surface area contributed by atoms with Gasteiger partial charge in [0.05, 0.1) is 20.3 Å². The second-order valence-electron chi connectivity index (χ2n) is 7.82. The normalized spacial score (nSPS) is 11.8. The van der Waals surface area contributed by atoms with Gasteiger partial charge in [-0.3, -0.25) is 9.80 Å². The Balaban J connectivity index is 2.20. The number of methoxy groups -OCH3 is 2. The van der Waals surface area contributed by atoms with Crippen LogP contribution < -0.4 is 9.47 Å². The summed E-state index contributed by atoms with van der Waals surface area (Å²) in [5, 5.41) is 0. The van der Waals surface area contributed by atoms with Crippen LogP contribution in [0.5, 0.6) is 11.5 Å². The Labute approximate surface area is 196 Å². The Morgan fingerprint density at radius 2 is 1.64 bits per heavy atom. The average molecular weight is 461 g/mol. The van der Waals surface area contributed by atoms with Crippen molar-refractivity contribution in [1.29, 1.82) is 0 Å². The maximum Gasteiger partial charge on any atom is 0.412 e. The summed E-state index contributed by atoms with van der Waals surface area (Å²) in [5.74, 6) is 1.47. The molecule has 2 rings (SSSR count). The molecule has 1 atom stereocenters. The molecule has 0 heterocycles. The fourth-order valence-corrected chi connectivity index (χ4v) is 3.38. The number of carbonyl (C=O) groups excluding carboxylic acids is 1. The number of carbonyl (C=O) groups is 1. The smallest absolute Gasteiger partial charge is 0.412 e. The molecule has 1 unspecified atom stereocenters. The van der Waals surface area contributed by atoms with Gasteiger partial charge in [-0.1, -0.05) is 37.6 Å². The first-order valence-corrected chi connectivity index (χ1v) is 11.0. The van der Waals surface area contributed by atoms with Crippen molar-refractivity contribution in [2.24, 2.45) is 0 Å². The van der Waals surface area contributed by atoms with E-state index in [4.69, 9.17) is 23.7 Å². The van der Waals surface area contributed by atoms with E-state index in [0.717, 1.165) is 35.5 Å². The zero-order valence-corrected chi connectivity index (χ0v) is 20.3. The van der Waals surface area contributed by atoms with Gasteiger partial charge in [-0.25, -0.2) is 4.79 Å². The molecule has 0 saturated heterocycles. The number of nitrogens with zero attached hydrogens (tertiary/aromatic N) is 2. The molecule has 1 amide bonds. The minimum atomic E-state index is -0.466. The number of benzene rings is 2. The molecule has 0 aromatic heterocycles. The minimum absolute atomic E-state index is 0.0373. The zero-order chi connectivity index (χ0) is 24.1. The van der Waals surface area contributed by atoms with E-state index in [1.165, 1.54) is 0 Å². The van der Waals surface area contributed by atoms with Crippen molar-refractivity contribution in [1.82, 2.24) is 9.80 Å². The Morgan fingerprint density at radius 3 is 2.30 bits per heavy atom. The van der Waals surface area contributed by atoms with E-state index >= 15 is 0 Å². The topological polar surface area (TPSA) is 69.7 Å². The van der Waals surface area contributed by atoms with Gasteiger partial charge < -0.3 is 23.7 Å². The molecule has 0 radical (unpaired) electrons. The summed E-state index contributed by atoms with van der Waals surface area (Å²) in [6.45, 7) is 2.71. The third-order valence-corrected chi connectivity index (χ3v) is 4.92. The van der Waals surface area contributed by atoms with Crippen LogP contribution in [0.3, 0.4) is 0 Å². The van der Waals surface area contributed by atoms with E-state index < -0.39 is 6.09 Å². The summed E-state index contributed by atoms with van der Waals surface area (Å²) in [5.41, 5.74) is 1.91. The van der Waals surface area contributed by atoms with Gasteiger partial charge in [-0.05, 0) is 55.9 Å². The van der Waals surface area contributed by atoms with Gasteiger partial charge >= 0.3 is 6.09 Å². The standard InChI is InChI=1S/C25H36N2O6/c1-6-9-24(21-11-8-13-23(15-21)30-5)27(16-20-10-7-12-22(14-20)29-4)25(28)33-19-32-18-31-17-26(2)3/h7-8,10-15,24H,6,9,16-19H2,1-5H3. The molecule has 0 N–H and O–H groups in total. The SMILES string of the molecule is CCCC(c1cccc(OC)c1)N(Cc1cccc(OC)c1)C(=O)OCOCOCN(C)C. The molecular weight excluding hydrogens is 424 g/mol. The summed E-state index contributed by atoms with van der Waals surface area (Å²) in [6.07, 6.45) is 1.18. The van der Waals surface area contributed by atoms with Crippen LogP contribution in [0, 0.1) is 0 Å². The van der Waals surface area contributed by atoms with Crippen molar-refractivity contribution in [3.63, 3.8) is 0 Å². The quantitative estimate of drug-likeness (QED) is 0.300. The highest BCUT2D eigenvalue weighted by molar-refractivity contribution is 5.68. The summed E-state index contributed by atoms with van der Waals surface area (Å²) in [7, 11) is 7.04. The van der Waals surface area contributed by atoms with E-state index in [9.17, 15) is 4.79 Å². The molecule has 2 aromatic carbocycles. The Bertz CT molecular complexity index is 845. The maximum atomic E-state index is 13.2. The number of rotatable bonds is 14. The predicted octanol–water partition coefficient (Wildman–Crippen LogP) is 4.65. The lowest BCUT2D eigenvalue weighted by atomic mass is 9.99. The van der Waals surface area contributed by atoms with Crippen molar-refractivity contribution in [2.75, 3.05) is 48.6 Å². The second kappa shape index (κ2) is 14.4. The summed E-state index contributed by atoms with van der Waals surface area (Å²) >= 11 is 0. The van der Waals surface area contributed by atoms with Crippen molar-refractivity contribution in [3.8, 4) is 11.5 Å². The van der Waals surface area contributed by atoms with Gasteiger partial charge in [0.2, 0.25) is 0 Å². The molecule has 0 aliphatic heterocycles. The largest absolute Gasteiger partial charge is 0.497 e. The first-order valence-electron chi connectivity index (χ1n) is 11.0. The molecule has 0 bridgehead atoms. The number of hydrogen-bond donors (Lipinski definition) is 0. The van der Waals surface area contributed by atoms with Gasteiger partial charge in [-0.15, -0.1) is 0 Å². The van der Waals surface area contributed by atoms with Gasteiger partial charge in [0.15, 0.2) is 13.6 Å². The van der Waals surface area contributed by atoms with E-state index in [1.54, 1.807) is 19.1 Å². The van der Waals surface area contributed by atoms with Crippen LogP contribution in [-0.4, -0.2) is 64.5 Å². The van der Waals surface area contributed by atoms with Crippen LogP contribution >= 0.6 is 0 Å². The fourth-order valence-electron chi connectivity index (χ4n) is 3.38. The molecule has 0 aliphatic carbocycles. The highest BCUT2D eigenvalue weighted by Crippen LogP contribution is 2.31. The highest BCUT2D eigenvalue weighted by Gasteiger charge is 2.27. The lowest BCUT2D eigenvalue weighted by Crippen LogP contribution is -2.35. The molecule has 33 heavy (non-hydrogen) atoms. The fraction of sp³-hybridized carbons (Fsp3) is 0.480. The molecule has 0 spiro atoms. The summed E-state index contributed by atoms with van der Waals surface area (Å²) in [4.78, 5) is 16.8. The molecule has 0 saturated carbocycles. The summed E-state index contributed by atoms with van der Waals surface area (Å²) < 4.78 is 26.8.